The van der Waals surface area contributed by atoms with Crippen LogP contribution in [0.3, 0.4) is 0 Å². The van der Waals surface area contributed by atoms with Gasteiger partial charge in [-0.2, -0.15) is 0 Å². The van der Waals surface area contributed by atoms with E-state index in [1.165, 1.54) is 6.08 Å². The monoisotopic (exact) mass is 262 g/mol. The molecule has 0 amide bonds. The van der Waals surface area contributed by atoms with Crippen LogP contribution in [-0.4, -0.2) is 17.7 Å². The number of aliphatic carboxylic acids is 1. The van der Waals surface area contributed by atoms with Crippen LogP contribution in [-0.2, 0) is 4.79 Å². The summed E-state index contributed by atoms with van der Waals surface area (Å²) in [5.74, 6) is -0.0194. The smallest absolute Gasteiger partial charge is 0.328 e. The Morgan fingerprint density at radius 2 is 1.95 bits per heavy atom. The molecule has 1 aromatic carbocycles. The minimum absolute atomic E-state index is 0.696. The second kappa shape index (κ2) is 6.98. The van der Waals surface area contributed by atoms with Crippen LogP contribution in [0.1, 0.15) is 43.4 Å². The predicted octanol–water partition coefficient (Wildman–Crippen LogP) is 3.97. The molecule has 0 unspecified atom stereocenters. The van der Waals surface area contributed by atoms with Crippen LogP contribution in [0.2, 0.25) is 0 Å². The Balaban J connectivity index is 3.17. The third kappa shape index (κ3) is 3.85. The van der Waals surface area contributed by atoms with Crippen LogP contribution in [0, 0.1) is 13.8 Å². The van der Waals surface area contributed by atoms with Crippen molar-refractivity contribution in [1.82, 2.24) is 0 Å². The molecule has 0 bridgehead atoms. The number of rotatable bonds is 6. The van der Waals surface area contributed by atoms with E-state index in [9.17, 15) is 4.79 Å². The zero-order chi connectivity index (χ0) is 14.4. The number of carboxylic acids is 1. The molecular formula is C16H22O3. The van der Waals surface area contributed by atoms with Gasteiger partial charge in [-0.25, -0.2) is 4.79 Å². The maximum Gasteiger partial charge on any atom is 0.328 e. The molecule has 0 aliphatic heterocycles. The summed E-state index contributed by atoms with van der Waals surface area (Å²) in [6, 6.07) is 3.88. The first-order valence-corrected chi connectivity index (χ1v) is 6.68. The van der Waals surface area contributed by atoms with Gasteiger partial charge in [0.15, 0.2) is 0 Å². The summed E-state index contributed by atoms with van der Waals surface area (Å²) in [6.07, 6.45) is 2.95. The molecule has 0 saturated carbocycles. The lowest BCUT2D eigenvalue weighted by molar-refractivity contribution is -0.131. The summed E-state index contributed by atoms with van der Waals surface area (Å²) >= 11 is 0. The summed E-state index contributed by atoms with van der Waals surface area (Å²) in [7, 11) is 0. The molecule has 1 aromatic rings. The van der Waals surface area contributed by atoms with E-state index >= 15 is 0 Å². The van der Waals surface area contributed by atoms with Crippen molar-refractivity contribution in [3.63, 3.8) is 0 Å². The number of allylic oxidation sites excluding steroid dienone is 1. The Hall–Kier alpha value is -1.77. The fourth-order valence-corrected chi connectivity index (χ4v) is 2.03. The van der Waals surface area contributed by atoms with Gasteiger partial charge in [-0.15, -0.1) is 0 Å². The summed E-state index contributed by atoms with van der Waals surface area (Å²) in [5.41, 5.74) is 4.00. The van der Waals surface area contributed by atoms with Crippen LogP contribution in [0.4, 0.5) is 0 Å². The lowest BCUT2D eigenvalue weighted by atomic mass is 9.94. The van der Waals surface area contributed by atoms with Gasteiger partial charge in [-0.3, -0.25) is 0 Å². The van der Waals surface area contributed by atoms with Crippen LogP contribution in [0.5, 0.6) is 5.75 Å². The van der Waals surface area contributed by atoms with Crippen molar-refractivity contribution in [3.8, 4) is 5.75 Å². The van der Waals surface area contributed by atoms with E-state index in [2.05, 4.69) is 6.92 Å². The first kappa shape index (κ1) is 15.3. The number of ether oxygens (including phenoxy) is 1. The zero-order valence-corrected chi connectivity index (χ0v) is 12.1. The molecule has 0 aliphatic rings. The second-order valence-corrected chi connectivity index (χ2v) is 4.57. The number of benzene rings is 1. The highest BCUT2D eigenvalue weighted by molar-refractivity contribution is 5.90. The van der Waals surface area contributed by atoms with Gasteiger partial charge in [0, 0.05) is 6.08 Å². The Labute approximate surface area is 114 Å². The average molecular weight is 262 g/mol. The molecule has 0 aromatic heterocycles. The van der Waals surface area contributed by atoms with Crippen LogP contribution in [0.15, 0.2) is 18.2 Å². The largest absolute Gasteiger partial charge is 0.493 e. The third-order valence-electron chi connectivity index (χ3n) is 3.22. The highest BCUT2D eigenvalue weighted by Gasteiger charge is 2.11. The van der Waals surface area contributed by atoms with E-state index in [1.807, 2.05) is 32.9 Å². The molecule has 104 valence electrons. The van der Waals surface area contributed by atoms with Crippen molar-refractivity contribution in [2.45, 2.75) is 40.5 Å². The maximum atomic E-state index is 10.8. The van der Waals surface area contributed by atoms with Gasteiger partial charge < -0.3 is 9.84 Å². The van der Waals surface area contributed by atoms with Gasteiger partial charge in [-0.1, -0.05) is 19.9 Å². The quantitative estimate of drug-likeness (QED) is 0.789. The van der Waals surface area contributed by atoms with E-state index in [0.29, 0.717) is 13.0 Å². The van der Waals surface area contributed by atoms with E-state index in [0.717, 1.165) is 34.4 Å². The van der Waals surface area contributed by atoms with Gasteiger partial charge in [-0.05, 0) is 55.0 Å². The van der Waals surface area contributed by atoms with Gasteiger partial charge in [0.25, 0.3) is 0 Å². The minimum Gasteiger partial charge on any atom is -0.493 e. The van der Waals surface area contributed by atoms with E-state index < -0.39 is 5.97 Å². The number of carboxylic acid groups (broad SMARTS) is 1. The normalized spacial score (nSPS) is 11.5. The van der Waals surface area contributed by atoms with Crippen molar-refractivity contribution in [3.05, 3.63) is 34.9 Å². The van der Waals surface area contributed by atoms with Crippen LogP contribution in [0.25, 0.3) is 5.57 Å². The number of carbonyl (C=O) groups is 1. The fourth-order valence-electron chi connectivity index (χ4n) is 2.03. The minimum atomic E-state index is -0.903. The fraction of sp³-hybridized carbons (Fsp3) is 0.438. The van der Waals surface area contributed by atoms with Crippen molar-refractivity contribution in [2.75, 3.05) is 6.61 Å². The van der Waals surface area contributed by atoms with Crippen molar-refractivity contribution in [1.29, 1.82) is 0 Å². The average Bonchev–Trinajstić information content (AvgIpc) is 2.38. The molecule has 0 fully saturated rings. The molecule has 0 atom stereocenters. The predicted molar refractivity (Wildman–Crippen MR) is 77.6 cm³/mol. The van der Waals surface area contributed by atoms with E-state index in [1.54, 1.807) is 0 Å². The second-order valence-electron chi connectivity index (χ2n) is 4.57. The highest BCUT2D eigenvalue weighted by Crippen LogP contribution is 2.30. The van der Waals surface area contributed by atoms with E-state index in [4.69, 9.17) is 9.84 Å². The van der Waals surface area contributed by atoms with Crippen molar-refractivity contribution < 1.29 is 14.6 Å². The molecule has 1 N–H and O–H groups in total. The van der Waals surface area contributed by atoms with Gasteiger partial charge in [0.1, 0.15) is 5.75 Å². The summed E-state index contributed by atoms with van der Waals surface area (Å²) in [5, 5.41) is 8.91. The van der Waals surface area contributed by atoms with Crippen LogP contribution < -0.4 is 4.74 Å². The van der Waals surface area contributed by atoms with Gasteiger partial charge >= 0.3 is 5.97 Å². The molecule has 19 heavy (non-hydrogen) atoms. The van der Waals surface area contributed by atoms with Crippen LogP contribution >= 0.6 is 0 Å². The number of hydrogen-bond acceptors (Lipinski definition) is 2. The third-order valence-corrected chi connectivity index (χ3v) is 3.22. The van der Waals surface area contributed by atoms with Crippen molar-refractivity contribution in [2.24, 2.45) is 0 Å². The Kier molecular flexibility index (Phi) is 5.61. The first-order valence-electron chi connectivity index (χ1n) is 6.68. The topological polar surface area (TPSA) is 46.5 Å². The van der Waals surface area contributed by atoms with Gasteiger partial charge in [0.2, 0.25) is 0 Å². The Morgan fingerprint density at radius 1 is 1.26 bits per heavy atom. The molecule has 1 rings (SSSR count). The lowest BCUT2D eigenvalue weighted by Crippen LogP contribution is -2.01. The molecule has 0 radical (unpaired) electrons. The first-order chi connectivity index (χ1) is 9.01. The highest BCUT2D eigenvalue weighted by atomic mass is 16.5. The molecule has 0 saturated heterocycles. The van der Waals surface area contributed by atoms with Crippen molar-refractivity contribution >= 4 is 11.5 Å². The molecular weight excluding hydrogens is 240 g/mol. The number of hydrogen-bond donors (Lipinski definition) is 1. The van der Waals surface area contributed by atoms with E-state index in [-0.39, 0.29) is 0 Å². The lowest BCUT2D eigenvalue weighted by Gasteiger charge is -2.15. The molecule has 0 aliphatic carbocycles. The molecule has 3 nitrogen and oxygen atoms in total. The Morgan fingerprint density at radius 3 is 2.47 bits per heavy atom. The zero-order valence-electron chi connectivity index (χ0n) is 12.1. The maximum absolute atomic E-state index is 10.8. The molecule has 0 heterocycles. The van der Waals surface area contributed by atoms with Gasteiger partial charge in [0.05, 0.1) is 6.61 Å². The summed E-state index contributed by atoms with van der Waals surface area (Å²) in [6.45, 7) is 8.75. The SMILES string of the molecule is CCCOc1ccc(/C(=C/C(=O)O)CC)c(C)c1C. The standard InChI is InChI=1S/C16H22O3/c1-5-9-19-15-8-7-14(11(3)12(15)4)13(6-2)10-16(17)18/h7-8,10H,5-6,9H2,1-4H3,(H,17,18)/b13-10+. The molecule has 3 heteroatoms. The summed E-state index contributed by atoms with van der Waals surface area (Å²) in [4.78, 5) is 10.8. The summed E-state index contributed by atoms with van der Waals surface area (Å²) < 4.78 is 5.68. The molecule has 0 spiro atoms. The Bertz CT molecular complexity index is 487.